The third kappa shape index (κ3) is 10.7. The Bertz CT molecular complexity index is 254. The van der Waals surface area contributed by atoms with Gasteiger partial charge in [-0.15, -0.1) is 0 Å². The Balaban J connectivity index is 3.56. The standard InChI is InChI=1S/C10H21ClO4S/c1-3-5-14-6-7-15-8-10(4-2)9-16(11,12)13/h10H,3-9H2,1-2H3. The van der Waals surface area contributed by atoms with Crippen molar-refractivity contribution < 1.29 is 17.9 Å². The average molecular weight is 273 g/mol. The highest BCUT2D eigenvalue weighted by molar-refractivity contribution is 8.13. The molecule has 0 aromatic carbocycles. The van der Waals surface area contributed by atoms with Crippen LogP contribution in [-0.2, 0) is 18.5 Å². The van der Waals surface area contributed by atoms with Crippen molar-refractivity contribution in [1.82, 2.24) is 0 Å². The Morgan fingerprint density at radius 2 is 1.75 bits per heavy atom. The Hall–Kier alpha value is 0.160. The quantitative estimate of drug-likeness (QED) is 0.451. The van der Waals surface area contributed by atoms with Gasteiger partial charge in [-0.1, -0.05) is 20.3 Å². The minimum atomic E-state index is -3.43. The second-order valence-corrected chi connectivity index (χ2v) is 6.49. The summed E-state index contributed by atoms with van der Waals surface area (Å²) in [6.07, 6.45) is 1.73. The fraction of sp³-hybridized carbons (Fsp3) is 1.00. The van der Waals surface area contributed by atoms with E-state index in [-0.39, 0.29) is 11.7 Å². The molecule has 0 aliphatic rings. The summed E-state index contributed by atoms with van der Waals surface area (Å²) in [5.74, 6) is -0.0605. The topological polar surface area (TPSA) is 52.6 Å². The molecule has 98 valence electrons. The largest absolute Gasteiger partial charge is 0.379 e. The van der Waals surface area contributed by atoms with Crippen LogP contribution in [0.4, 0.5) is 0 Å². The first-order valence-corrected chi connectivity index (χ1v) is 8.05. The van der Waals surface area contributed by atoms with E-state index < -0.39 is 9.05 Å². The molecule has 0 heterocycles. The third-order valence-corrected chi connectivity index (χ3v) is 3.33. The molecule has 1 unspecified atom stereocenters. The van der Waals surface area contributed by atoms with Crippen LogP contribution in [0.2, 0.25) is 0 Å². The van der Waals surface area contributed by atoms with Crippen molar-refractivity contribution in [3.05, 3.63) is 0 Å². The molecule has 0 aliphatic heterocycles. The van der Waals surface area contributed by atoms with Crippen LogP contribution in [0, 0.1) is 5.92 Å². The number of hydrogen-bond donors (Lipinski definition) is 0. The molecule has 0 aromatic heterocycles. The van der Waals surface area contributed by atoms with Gasteiger partial charge in [0.25, 0.3) is 0 Å². The lowest BCUT2D eigenvalue weighted by atomic mass is 10.1. The number of halogens is 1. The van der Waals surface area contributed by atoms with Crippen LogP contribution in [0.3, 0.4) is 0 Å². The minimum Gasteiger partial charge on any atom is -0.379 e. The van der Waals surface area contributed by atoms with Gasteiger partial charge in [0.2, 0.25) is 9.05 Å². The van der Waals surface area contributed by atoms with E-state index in [4.69, 9.17) is 20.2 Å². The first kappa shape index (κ1) is 16.2. The van der Waals surface area contributed by atoms with Crippen LogP contribution in [0.1, 0.15) is 26.7 Å². The van der Waals surface area contributed by atoms with Crippen LogP contribution in [0.15, 0.2) is 0 Å². The van der Waals surface area contributed by atoms with Crippen molar-refractivity contribution in [2.24, 2.45) is 5.92 Å². The smallest absolute Gasteiger partial charge is 0.232 e. The van der Waals surface area contributed by atoms with Gasteiger partial charge >= 0.3 is 0 Å². The maximum absolute atomic E-state index is 10.9. The van der Waals surface area contributed by atoms with Crippen LogP contribution in [0.25, 0.3) is 0 Å². The molecule has 1 atom stereocenters. The second kappa shape index (κ2) is 9.22. The molecular formula is C10H21ClO4S. The van der Waals surface area contributed by atoms with Crippen molar-refractivity contribution in [2.45, 2.75) is 26.7 Å². The van der Waals surface area contributed by atoms with Crippen LogP contribution in [0.5, 0.6) is 0 Å². The summed E-state index contributed by atoms with van der Waals surface area (Å²) >= 11 is 0. The van der Waals surface area contributed by atoms with Crippen molar-refractivity contribution in [3.8, 4) is 0 Å². The number of hydrogen-bond acceptors (Lipinski definition) is 4. The van der Waals surface area contributed by atoms with Gasteiger partial charge in [0.15, 0.2) is 0 Å². The number of rotatable bonds is 10. The fourth-order valence-corrected chi connectivity index (χ4v) is 2.61. The van der Waals surface area contributed by atoms with Gasteiger partial charge in [0.05, 0.1) is 25.6 Å². The SMILES string of the molecule is CCCOCCOCC(CC)CS(=O)(=O)Cl. The van der Waals surface area contributed by atoms with E-state index in [2.05, 4.69) is 0 Å². The van der Waals surface area contributed by atoms with Gasteiger partial charge in [0, 0.05) is 17.3 Å². The summed E-state index contributed by atoms with van der Waals surface area (Å²) in [5, 5.41) is 0. The minimum absolute atomic E-state index is 0.0269. The van der Waals surface area contributed by atoms with Crippen molar-refractivity contribution in [3.63, 3.8) is 0 Å². The molecule has 0 aromatic rings. The zero-order valence-corrected chi connectivity index (χ0v) is 11.5. The molecule has 0 bridgehead atoms. The Labute approximate surface area is 103 Å². The summed E-state index contributed by atoms with van der Waals surface area (Å²) in [7, 11) is 1.75. The van der Waals surface area contributed by atoms with Crippen molar-refractivity contribution >= 4 is 19.7 Å². The van der Waals surface area contributed by atoms with E-state index in [9.17, 15) is 8.42 Å². The molecule has 0 spiro atoms. The summed E-state index contributed by atoms with van der Waals surface area (Å²) in [6, 6.07) is 0. The highest BCUT2D eigenvalue weighted by atomic mass is 35.7. The number of ether oxygens (including phenoxy) is 2. The summed E-state index contributed by atoms with van der Waals surface area (Å²) in [5.41, 5.74) is 0. The molecule has 0 rings (SSSR count). The zero-order chi connectivity index (χ0) is 12.4. The molecule has 0 radical (unpaired) electrons. The van der Waals surface area contributed by atoms with Crippen LogP contribution in [-0.4, -0.2) is 40.6 Å². The van der Waals surface area contributed by atoms with E-state index in [1.165, 1.54) is 0 Å². The Morgan fingerprint density at radius 1 is 1.12 bits per heavy atom. The fourth-order valence-electron chi connectivity index (χ4n) is 1.18. The molecule has 0 N–H and O–H groups in total. The first-order valence-electron chi connectivity index (χ1n) is 5.57. The van der Waals surface area contributed by atoms with Gasteiger partial charge < -0.3 is 9.47 Å². The van der Waals surface area contributed by atoms with Gasteiger partial charge in [-0.25, -0.2) is 8.42 Å². The highest BCUT2D eigenvalue weighted by Gasteiger charge is 2.15. The normalized spacial score (nSPS) is 13.9. The van der Waals surface area contributed by atoms with Gasteiger partial charge in [-0.3, -0.25) is 0 Å². The highest BCUT2D eigenvalue weighted by Crippen LogP contribution is 2.10. The predicted molar refractivity (Wildman–Crippen MR) is 65.3 cm³/mol. The maximum Gasteiger partial charge on any atom is 0.232 e. The van der Waals surface area contributed by atoms with Crippen LogP contribution >= 0.6 is 10.7 Å². The van der Waals surface area contributed by atoms with E-state index in [1.807, 2.05) is 13.8 Å². The Morgan fingerprint density at radius 3 is 2.25 bits per heavy atom. The molecule has 16 heavy (non-hydrogen) atoms. The second-order valence-electron chi connectivity index (χ2n) is 3.67. The predicted octanol–water partition coefficient (Wildman–Crippen LogP) is 2.02. The summed E-state index contributed by atoms with van der Waals surface area (Å²) in [6.45, 7) is 6.16. The third-order valence-electron chi connectivity index (χ3n) is 2.09. The Kier molecular flexibility index (Phi) is 9.31. The lowest BCUT2D eigenvalue weighted by molar-refractivity contribution is 0.0358. The van der Waals surface area contributed by atoms with E-state index in [0.29, 0.717) is 19.8 Å². The van der Waals surface area contributed by atoms with Gasteiger partial charge in [0.1, 0.15) is 0 Å². The van der Waals surface area contributed by atoms with Gasteiger partial charge in [-0.05, 0) is 12.3 Å². The first-order chi connectivity index (χ1) is 7.49. The average Bonchev–Trinajstić information content (AvgIpc) is 2.19. The van der Waals surface area contributed by atoms with E-state index in [0.717, 1.165) is 19.4 Å². The lowest BCUT2D eigenvalue weighted by Crippen LogP contribution is -2.18. The lowest BCUT2D eigenvalue weighted by Gasteiger charge is -2.13. The molecule has 0 amide bonds. The maximum atomic E-state index is 10.9. The van der Waals surface area contributed by atoms with Crippen molar-refractivity contribution in [1.29, 1.82) is 0 Å². The monoisotopic (exact) mass is 272 g/mol. The van der Waals surface area contributed by atoms with E-state index >= 15 is 0 Å². The molecule has 4 nitrogen and oxygen atoms in total. The van der Waals surface area contributed by atoms with Gasteiger partial charge in [-0.2, -0.15) is 0 Å². The molecule has 0 saturated heterocycles. The molecule has 0 saturated carbocycles. The molecule has 6 heteroatoms. The van der Waals surface area contributed by atoms with E-state index in [1.54, 1.807) is 0 Å². The molecule has 0 aliphatic carbocycles. The summed E-state index contributed by atoms with van der Waals surface area (Å²) < 4.78 is 32.3. The summed E-state index contributed by atoms with van der Waals surface area (Å²) in [4.78, 5) is 0. The van der Waals surface area contributed by atoms with Crippen molar-refractivity contribution in [2.75, 3.05) is 32.2 Å². The molecule has 0 fully saturated rings. The zero-order valence-electron chi connectivity index (χ0n) is 9.95. The molecular weight excluding hydrogens is 252 g/mol. The van der Waals surface area contributed by atoms with Crippen LogP contribution < -0.4 is 0 Å².